The molecule has 2 aliphatic carbocycles. The molecule has 0 heterocycles. The molecular formula is C21H28. The number of hydrogen-bond donors (Lipinski definition) is 0. The minimum Gasteiger partial charge on any atom is -0.0740 e. The molecular weight excluding hydrogens is 252 g/mol. The van der Waals surface area contributed by atoms with Crippen LogP contribution in [0, 0.1) is 17.8 Å². The van der Waals surface area contributed by atoms with Gasteiger partial charge in [0.05, 0.1) is 0 Å². The van der Waals surface area contributed by atoms with Crippen molar-refractivity contribution in [1.82, 2.24) is 0 Å². The Kier molecular flexibility index (Phi) is 3.82. The summed E-state index contributed by atoms with van der Waals surface area (Å²) in [6.45, 7) is 11.7. The van der Waals surface area contributed by atoms with E-state index in [1.54, 1.807) is 16.7 Å². The third-order valence-corrected chi connectivity index (χ3v) is 5.70. The topological polar surface area (TPSA) is 0 Å². The maximum Gasteiger partial charge on any atom is -0.00392 e. The number of hydrogen-bond acceptors (Lipinski definition) is 0. The molecule has 0 spiro atoms. The lowest BCUT2D eigenvalue weighted by molar-refractivity contribution is 0.343. The van der Waals surface area contributed by atoms with Crippen LogP contribution in [-0.4, -0.2) is 0 Å². The van der Waals surface area contributed by atoms with Crippen molar-refractivity contribution in [1.29, 1.82) is 0 Å². The van der Waals surface area contributed by atoms with E-state index in [2.05, 4.69) is 58.9 Å². The Labute approximate surface area is 130 Å². The molecule has 1 unspecified atom stereocenters. The highest BCUT2D eigenvalue weighted by atomic mass is 14.3. The van der Waals surface area contributed by atoms with E-state index in [9.17, 15) is 0 Å². The van der Waals surface area contributed by atoms with Gasteiger partial charge >= 0.3 is 0 Å². The Bertz CT molecular complexity index is 613. The lowest BCUT2D eigenvalue weighted by atomic mass is 9.75. The molecule has 3 rings (SSSR count). The number of fused-ring (bicyclic) bond motifs is 1. The molecule has 1 aromatic rings. The van der Waals surface area contributed by atoms with Crippen molar-refractivity contribution < 1.29 is 0 Å². The zero-order chi connectivity index (χ0) is 15.1. The Balaban J connectivity index is 2.04. The van der Waals surface area contributed by atoms with Crippen molar-refractivity contribution in [2.24, 2.45) is 17.8 Å². The summed E-state index contributed by atoms with van der Waals surface area (Å²) in [5.74, 6) is 2.26. The molecule has 0 saturated heterocycles. The Morgan fingerprint density at radius 1 is 1.14 bits per heavy atom. The zero-order valence-corrected chi connectivity index (χ0v) is 14.2. The number of allylic oxidation sites excluding steroid dienone is 4. The van der Waals surface area contributed by atoms with Crippen molar-refractivity contribution in [3.63, 3.8) is 0 Å². The molecule has 21 heavy (non-hydrogen) atoms. The van der Waals surface area contributed by atoms with Gasteiger partial charge in [0.15, 0.2) is 0 Å². The molecule has 0 aromatic heterocycles. The van der Waals surface area contributed by atoms with Gasteiger partial charge in [-0.1, -0.05) is 50.6 Å². The molecule has 112 valence electrons. The fourth-order valence-electron chi connectivity index (χ4n) is 4.19. The zero-order valence-electron chi connectivity index (χ0n) is 14.2. The first kappa shape index (κ1) is 14.6. The van der Waals surface area contributed by atoms with Crippen molar-refractivity contribution in [2.45, 2.75) is 53.9 Å². The molecule has 1 aromatic carbocycles. The van der Waals surface area contributed by atoms with Crippen LogP contribution in [0.15, 0.2) is 35.4 Å². The first-order chi connectivity index (χ1) is 9.99. The van der Waals surface area contributed by atoms with Crippen molar-refractivity contribution >= 4 is 5.57 Å². The van der Waals surface area contributed by atoms with E-state index in [0.717, 1.165) is 11.8 Å². The number of rotatable bonds is 2. The Morgan fingerprint density at radius 2 is 1.90 bits per heavy atom. The van der Waals surface area contributed by atoms with Gasteiger partial charge in [-0.15, -0.1) is 0 Å². The smallest absolute Gasteiger partial charge is 0.00392 e. The first-order valence-electron chi connectivity index (χ1n) is 8.49. The van der Waals surface area contributed by atoms with Crippen LogP contribution < -0.4 is 0 Å². The van der Waals surface area contributed by atoms with Gasteiger partial charge < -0.3 is 0 Å². The van der Waals surface area contributed by atoms with Crippen LogP contribution in [0.3, 0.4) is 0 Å². The molecule has 0 saturated carbocycles. The molecule has 2 atom stereocenters. The molecule has 0 aliphatic heterocycles. The van der Waals surface area contributed by atoms with Gasteiger partial charge in [0.1, 0.15) is 0 Å². The van der Waals surface area contributed by atoms with Gasteiger partial charge in [-0.25, -0.2) is 0 Å². The van der Waals surface area contributed by atoms with Gasteiger partial charge in [0, 0.05) is 0 Å². The molecule has 0 nitrogen and oxygen atoms in total. The molecule has 0 heteroatoms. The lowest BCUT2D eigenvalue weighted by Gasteiger charge is -2.29. The molecule has 0 N–H and O–H groups in total. The van der Waals surface area contributed by atoms with Crippen molar-refractivity contribution in [2.75, 3.05) is 0 Å². The van der Waals surface area contributed by atoms with Gasteiger partial charge in [-0.05, 0) is 78.7 Å². The average molecular weight is 280 g/mol. The SMILES string of the molecule is CC1=CC(C)C(C)=C1c1cccc2c1CC[C@H](C(C)C)C2. The second-order valence-corrected chi connectivity index (χ2v) is 7.39. The van der Waals surface area contributed by atoms with Crippen LogP contribution in [0.2, 0.25) is 0 Å². The van der Waals surface area contributed by atoms with Crippen molar-refractivity contribution in [3.05, 3.63) is 52.1 Å². The summed E-state index contributed by atoms with van der Waals surface area (Å²) in [5, 5.41) is 0. The van der Waals surface area contributed by atoms with E-state index in [4.69, 9.17) is 0 Å². The van der Waals surface area contributed by atoms with Crippen LogP contribution in [0.1, 0.15) is 57.7 Å². The summed E-state index contributed by atoms with van der Waals surface area (Å²) in [6, 6.07) is 6.98. The van der Waals surface area contributed by atoms with Crippen LogP contribution in [0.25, 0.3) is 5.57 Å². The van der Waals surface area contributed by atoms with Gasteiger partial charge in [0.2, 0.25) is 0 Å². The van der Waals surface area contributed by atoms with Crippen molar-refractivity contribution in [3.8, 4) is 0 Å². The van der Waals surface area contributed by atoms with Crippen LogP contribution >= 0.6 is 0 Å². The van der Waals surface area contributed by atoms with Crippen LogP contribution in [-0.2, 0) is 12.8 Å². The lowest BCUT2D eigenvalue weighted by Crippen LogP contribution is -2.20. The fraction of sp³-hybridized carbons (Fsp3) is 0.524. The molecule has 0 bridgehead atoms. The predicted molar refractivity (Wildman–Crippen MR) is 92.3 cm³/mol. The minimum absolute atomic E-state index is 0.600. The van der Waals surface area contributed by atoms with E-state index < -0.39 is 0 Å². The highest BCUT2D eigenvalue weighted by Crippen LogP contribution is 2.41. The standard InChI is InChI=1S/C21H28/c1-13(2)17-9-10-19-18(12-17)7-6-8-20(19)21-15(4)11-14(3)16(21)5/h6-8,11,13-14,17H,9-10,12H2,1-5H3/t14?,17-/m0/s1. The fourth-order valence-corrected chi connectivity index (χ4v) is 4.19. The Morgan fingerprint density at radius 3 is 2.52 bits per heavy atom. The second kappa shape index (κ2) is 5.48. The van der Waals surface area contributed by atoms with Crippen LogP contribution in [0.5, 0.6) is 0 Å². The summed E-state index contributed by atoms with van der Waals surface area (Å²) in [6.07, 6.45) is 6.30. The van der Waals surface area contributed by atoms with E-state index >= 15 is 0 Å². The quantitative estimate of drug-likeness (QED) is 0.640. The van der Waals surface area contributed by atoms with E-state index in [1.807, 2.05) is 0 Å². The van der Waals surface area contributed by atoms with Crippen LogP contribution in [0.4, 0.5) is 0 Å². The van der Waals surface area contributed by atoms with E-state index in [1.165, 1.54) is 36.0 Å². The molecule has 0 amide bonds. The summed E-state index contributed by atoms with van der Waals surface area (Å²) in [7, 11) is 0. The van der Waals surface area contributed by atoms with E-state index in [-0.39, 0.29) is 0 Å². The average Bonchev–Trinajstić information content (AvgIpc) is 2.71. The molecule has 0 fully saturated rings. The third kappa shape index (κ3) is 2.50. The third-order valence-electron chi connectivity index (χ3n) is 5.70. The maximum absolute atomic E-state index is 2.42. The van der Waals surface area contributed by atoms with Gasteiger partial charge in [0.25, 0.3) is 0 Å². The van der Waals surface area contributed by atoms with E-state index in [0.29, 0.717) is 5.92 Å². The van der Waals surface area contributed by atoms with Gasteiger partial charge in [-0.3, -0.25) is 0 Å². The predicted octanol–water partition coefficient (Wildman–Crippen LogP) is 5.82. The summed E-state index contributed by atoms with van der Waals surface area (Å²) in [5.41, 5.74) is 9.30. The first-order valence-corrected chi connectivity index (χ1v) is 8.49. The summed E-state index contributed by atoms with van der Waals surface area (Å²) < 4.78 is 0. The van der Waals surface area contributed by atoms with Gasteiger partial charge in [-0.2, -0.15) is 0 Å². The largest absolute Gasteiger partial charge is 0.0740 e. The minimum atomic E-state index is 0.600. The number of benzene rings is 1. The highest BCUT2D eigenvalue weighted by molar-refractivity contribution is 5.85. The summed E-state index contributed by atoms with van der Waals surface area (Å²) in [4.78, 5) is 0. The maximum atomic E-state index is 2.42. The highest BCUT2D eigenvalue weighted by Gasteiger charge is 2.26. The monoisotopic (exact) mass is 280 g/mol. The molecule has 0 radical (unpaired) electrons. The molecule has 2 aliphatic rings. The summed E-state index contributed by atoms with van der Waals surface area (Å²) >= 11 is 0. The Hall–Kier alpha value is -1.30. The second-order valence-electron chi connectivity index (χ2n) is 7.39. The normalized spacial score (nSPS) is 25.3.